The molecule has 1 heterocycles. The number of carbonyl (C=O) groups excluding carboxylic acids is 2. The molecule has 0 amide bonds. The van der Waals surface area contributed by atoms with E-state index < -0.39 is 47.6 Å². The average molecular weight is 304 g/mol. The first-order valence-electron chi connectivity index (χ1n) is 6.75. The maximum Gasteiger partial charge on any atom is 0.405 e. The molecule has 1 aliphatic heterocycles. The van der Waals surface area contributed by atoms with Gasteiger partial charge in [-0.05, 0) is 19.3 Å². The van der Waals surface area contributed by atoms with Crippen LogP contribution in [-0.2, 0) is 19.1 Å². The van der Waals surface area contributed by atoms with Crippen LogP contribution in [0, 0.1) is 23.2 Å². The molecule has 0 spiro atoms. The minimum absolute atomic E-state index is 0.164. The molecule has 5 unspecified atom stereocenters. The second kappa shape index (κ2) is 4.01. The van der Waals surface area contributed by atoms with Gasteiger partial charge in [-0.25, -0.2) is 4.79 Å². The van der Waals surface area contributed by atoms with Crippen LogP contribution in [0.4, 0.5) is 13.2 Å². The summed E-state index contributed by atoms with van der Waals surface area (Å²) in [5.41, 5.74) is -2.26. The molecule has 3 fully saturated rings. The van der Waals surface area contributed by atoms with E-state index in [1.54, 1.807) is 6.92 Å². The van der Waals surface area contributed by atoms with Crippen LogP contribution in [0.2, 0.25) is 0 Å². The zero-order chi connectivity index (χ0) is 15.7. The Kier molecular flexibility index (Phi) is 2.75. The van der Waals surface area contributed by atoms with Crippen molar-refractivity contribution in [3.63, 3.8) is 0 Å². The third-order valence-electron chi connectivity index (χ3n) is 5.17. The number of rotatable bonds is 2. The van der Waals surface area contributed by atoms with Crippen molar-refractivity contribution in [2.24, 2.45) is 23.2 Å². The maximum atomic E-state index is 13.4. The Bertz CT molecular complexity index is 541. The summed E-state index contributed by atoms with van der Waals surface area (Å²) in [6, 6.07) is 0. The van der Waals surface area contributed by atoms with E-state index in [1.165, 1.54) is 6.92 Å². The van der Waals surface area contributed by atoms with Gasteiger partial charge in [-0.2, -0.15) is 13.2 Å². The number of halogens is 3. The molecule has 0 N–H and O–H groups in total. The topological polar surface area (TPSA) is 52.6 Å². The van der Waals surface area contributed by atoms with Crippen molar-refractivity contribution in [3.05, 3.63) is 12.2 Å². The van der Waals surface area contributed by atoms with Gasteiger partial charge in [-0.1, -0.05) is 13.5 Å². The van der Waals surface area contributed by atoms with Crippen LogP contribution in [0.1, 0.15) is 20.3 Å². The third kappa shape index (κ3) is 1.57. The second-order valence-electron chi connectivity index (χ2n) is 6.24. The Labute approximate surface area is 119 Å². The molecule has 2 aliphatic carbocycles. The molecule has 0 radical (unpaired) electrons. The van der Waals surface area contributed by atoms with Gasteiger partial charge >= 0.3 is 18.1 Å². The monoisotopic (exact) mass is 304 g/mol. The van der Waals surface area contributed by atoms with Crippen LogP contribution < -0.4 is 0 Å². The van der Waals surface area contributed by atoms with Gasteiger partial charge in [0, 0.05) is 17.4 Å². The van der Waals surface area contributed by atoms with Gasteiger partial charge in [-0.3, -0.25) is 4.79 Å². The van der Waals surface area contributed by atoms with E-state index in [0.717, 1.165) is 0 Å². The number of hydrogen-bond acceptors (Lipinski definition) is 4. The highest BCUT2D eigenvalue weighted by molar-refractivity contribution is 5.87. The van der Waals surface area contributed by atoms with Crippen molar-refractivity contribution < 1.29 is 32.2 Å². The highest BCUT2D eigenvalue weighted by atomic mass is 19.4. The number of esters is 2. The van der Waals surface area contributed by atoms with Crippen molar-refractivity contribution in [2.45, 2.75) is 38.7 Å². The van der Waals surface area contributed by atoms with E-state index in [0.29, 0.717) is 0 Å². The number of fused-ring (bicyclic) bond motifs is 1. The van der Waals surface area contributed by atoms with Crippen LogP contribution in [0.3, 0.4) is 0 Å². The van der Waals surface area contributed by atoms with Crippen LogP contribution in [0.25, 0.3) is 0 Å². The summed E-state index contributed by atoms with van der Waals surface area (Å²) in [7, 11) is 0. The molecule has 0 aromatic heterocycles. The third-order valence-corrected chi connectivity index (χ3v) is 5.17. The van der Waals surface area contributed by atoms with Gasteiger partial charge in [0.15, 0.2) is 5.41 Å². The molecule has 1 saturated heterocycles. The summed E-state index contributed by atoms with van der Waals surface area (Å²) in [5, 5.41) is 0. The maximum absolute atomic E-state index is 13.4. The molecule has 116 valence electrons. The van der Waals surface area contributed by atoms with Gasteiger partial charge in [0.1, 0.15) is 12.2 Å². The lowest BCUT2D eigenvalue weighted by atomic mass is 9.72. The zero-order valence-corrected chi connectivity index (χ0v) is 11.6. The number of hydrogen-bond donors (Lipinski definition) is 0. The quantitative estimate of drug-likeness (QED) is 0.580. The van der Waals surface area contributed by atoms with Crippen molar-refractivity contribution in [2.75, 3.05) is 0 Å². The van der Waals surface area contributed by atoms with E-state index in [1.807, 2.05) is 0 Å². The van der Waals surface area contributed by atoms with E-state index in [4.69, 9.17) is 9.47 Å². The first kappa shape index (κ1) is 14.4. The Hall–Kier alpha value is -1.53. The Morgan fingerprint density at radius 3 is 2.62 bits per heavy atom. The smallest absolute Gasteiger partial charge is 0.405 e. The summed E-state index contributed by atoms with van der Waals surface area (Å²) in [6.07, 6.45) is -6.82. The molecular formula is C14H15F3O4. The van der Waals surface area contributed by atoms with Crippen molar-refractivity contribution >= 4 is 11.9 Å². The molecule has 2 bridgehead atoms. The minimum atomic E-state index is -4.64. The molecule has 3 aliphatic rings. The van der Waals surface area contributed by atoms with Gasteiger partial charge < -0.3 is 9.47 Å². The van der Waals surface area contributed by atoms with Gasteiger partial charge in [0.25, 0.3) is 0 Å². The summed E-state index contributed by atoms with van der Waals surface area (Å²) in [5.74, 6) is -3.77. The van der Waals surface area contributed by atoms with E-state index in [2.05, 4.69) is 6.58 Å². The van der Waals surface area contributed by atoms with Gasteiger partial charge in [0.2, 0.25) is 0 Å². The Morgan fingerprint density at radius 2 is 2.10 bits per heavy atom. The number of carbonyl (C=O) groups is 2. The first-order valence-corrected chi connectivity index (χ1v) is 6.75. The normalized spacial score (nSPS) is 43.9. The Balaban J connectivity index is 1.95. The SMILES string of the molecule is C=C(C)C(=O)OC1C2OC(=O)C3(C(F)(F)F)CC1[C@@H](C)C23. The van der Waals surface area contributed by atoms with Gasteiger partial charge in [-0.15, -0.1) is 0 Å². The number of ether oxygens (including phenoxy) is 2. The van der Waals surface area contributed by atoms with Crippen LogP contribution in [-0.4, -0.2) is 30.3 Å². The predicted octanol–water partition coefficient (Wildman–Crippen LogP) is 2.23. The van der Waals surface area contributed by atoms with Crippen molar-refractivity contribution in [3.8, 4) is 0 Å². The Morgan fingerprint density at radius 1 is 1.48 bits per heavy atom. The van der Waals surface area contributed by atoms with Crippen LogP contribution in [0.5, 0.6) is 0 Å². The number of alkyl halides is 3. The highest BCUT2D eigenvalue weighted by Gasteiger charge is 2.82. The minimum Gasteiger partial charge on any atom is -0.457 e. The fourth-order valence-electron chi connectivity index (χ4n) is 4.24. The second-order valence-corrected chi connectivity index (χ2v) is 6.24. The lowest BCUT2D eigenvalue weighted by Gasteiger charge is -2.33. The standard InChI is InChI=1S/C14H15F3O4/c1-5(2)11(18)20-9-7-4-13(14(15,16)17)8(6(7)3)10(9)21-12(13)19/h6-10H,1,4H2,2-3H3/t6-,7?,8?,9?,10?,13?/m1/s1. The summed E-state index contributed by atoms with van der Waals surface area (Å²) >= 11 is 0. The molecule has 7 heteroatoms. The van der Waals surface area contributed by atoms with E-state index >= 15 is 0 Å². The van der Waals surface area contributed by atoms with Crippen LogP contribution >= 0.6 is 0 Å². The zero-order valence-electron chi connectivity index (χ0n) is 11.6. The molecule has 0 aromatic rings. The summed E-state index contributed by atoms with van der Waals surface area (Å²) in [4.78, 5) is 23.5. The van der Waals surface area contributed by atoms with E-state index in [9.17, 15) is 22.8 Å². The molecule has 2 saturated carbocycles. The molecular weight excluding hydrogens is 289 g/mol. The lowest BCUT2D eigenvalue weighted by molar-refractivity contribution is -0.231. The summed E-state index contributed by atoms with van der Waals surface area (Å²) in [6.45, 7) is 6.56. The molecule has 6 atom stereocenters. The lowest BCUT2D eigenvalue weighted by Crippen LogP contribution is -2.48. The average Bonchev–Trinajstić information content (AvgIpc) is 2.87. The molecule has 21 heavy (non-hydrogen) atoms. The molecule has 0 aromatic carbocycles. The van der Waals surface area contributed by atoms with Crippen molar-refractivity contribution in [1.82, 2.24) is 0 Å². The van der Waals surface area contributed by atoms with Crippen molar-refractivity contribution in [1.29, 1.82) is 0 Å². The van der Waals surface area contributed by atoms with Gasteiger partial charge in [0.05, 0.1) is 0 Å². The largest absolute Gasteiger partial charge is 0.457 e. The highest BCUT2D eigenvalue weighted by Crippen LogP contribution is 2.69. The summed E-state index contributed by atoms with van der Waals surface area (Å²) < 4.78 is 50.5. The first-order chi connectivity index (χ1) is 9.61. The van der Waals surface area contributed by atoms with Crippen LogP contribution in [0.15, 0.2) is 12.2 Å². The fourth-order valence-corrected chi connectivity index (χ4v) is 4.24. The predicted molar refractivity (Wildman–Crippen MR) is 63.8 cm³/mol. The fraction of sp³-hybridized carbons (Fsp3) is 0.714. The molecule has 3 rings (SSSR count). The molecule has 4 nitrogen and oxygen atoms in total. The van der Waals surface area contributed by atoms with E-state index in [-0.39, 0.29) is 17.9 Å².